The maximum Gasteiger partial charge on any atom is 0.294 e. The van der Waals surface area contributed by atoms with Gasteiger partial charge in [0.25, 0.3) is 11.1 Å². The van der Waals surface area contributed by atoms with E-state index in [9.17, 15) is 19.5 Å². The Kier molecular flexibility index (Phi) is 6.63. The van der Waals surface area contributed by atoms with Crippen LogP contribution < -0.4 is 4.74 Å². The maximum atomic E-state index is 12.6. The summed E-state index contributed by atoms with van der Waals surface area (Å²) in [6.45, 7) is 3.61. The molecule has 0 aromatic heterocycles. The maximum absolute atomic E-state index is 12.6. The zero-order valence-corrected chi connectivity index (χ0v) is 17.5. The Labute approximate surface area is 174 Å². The molecule has 0 aliphatic carbocycles. The van der Waals surface area contributed by atoms with Crippen molar-refractivity contribution in [3.8, 4) is 11.5 Å². The van der Waals surface area contributed by atoms with E-state index in [1.807, 2.05) is 0 Å². The highest BCUT2D eigenvalue weighted by Gasteiger charge is 2.37. The van der Waals surface area contributed by atoms with Crippen molar-refractivity contribution in [2.24, 2.45) is 0 Å². The van der Waals surface area contributed by atoms with Gasteiger partial charge in [-0.05, 0) is 36.9 Å². The molecule has 150 valence electrons. The number of ether oxygens (including phenoxy) is 2. The number of phenolic OH excluding ortho intramolecular Hbond substituents is 1. The minimum absolute atomic E-state index is 0.124. The van der Waals surface area contributed by atoms with Crippen molar-refractivity contribution in [2.75, 3.05) is 39.5 Å². The summed E-state index contributed by atoms with van der Waals surface area (Å²) >= 11 is 4.07. The second-order valence-corrected chi connectivity index (χ2v) is 7.94. The third-order valence-corrected chi connectivity index (χ3v) is 5.55. The highest BCUT2D eigenvalue weighted by molar-refractivity contribution is 9.10. The van der Waals surface area contributed by atoms with Crippen molar-refractivity contribution in [2.45, 2.75) is 6.92 Å². The zero-order valence-electron chi connectivity index (χ0n) is 15.1. The van der Waals surface area contributed by atoms with Crippen LogP contribution in [-0.4, -0.2) is 71.4 Å². The quantitative estimate of drug-likeness (QED) is 0.660. The second-order valence-electron chi connectivity index (χ2n) is 6.04. The van der Waals surface area contributed by atoms with E-state index in [2.05, 4.69) is 15.9 Å². The number of aromatic hydroxyl groups is 1. The van der Waals surface area contributed by atoms with Gasteiger partial charge in [-0.25, -0.2) is 0 Å². The summed E-state index contributed by atoms with van der Waals surface area (Å²) in [5.74, 6) is -0.712. The molecule has 0 bridgehead atoms. The van der Waals surface area contributed by atoms with Gasteiger partial charge < -0.3 is 19.5 Å². The van der Waals surface area contributed by atoms with Crippen molar-refractivity contribution in [3.05, 3.63) is 27.1 Å². The Hall–Kier alpha value is -2.04. The van der Waals surface area contributed by atoms with Gasteiger partial charge in [0, 0.05) is 23.1 Å². The first-order valence-electron chi connectivity index (χ1n) is 8.67. The smallest absolute Gasteiger partial charge is 0.294 e. The summed E-state index contributed by atoms with van der Waals surface area (Å²) < 4.78 is 11.2. The minimum Gasteiger partial charge on any atom is -0.504 e. The van der Waals surface area contributed by atoms with Crippen LogP contribution in [0.1, 0.15) is 12.5 Å². The second kappa shape index (κ2) is 8.97. The molecule has 0 saturated carbocycles. The molecule has 0 radical (unpaired) electrons. The van der Waals surface area contributed by atoms with E-state index in [1.165, 1.54) is 6.08 Å². The van der Waals surface area contributed by atoms with Crippen molar-refractivity contribution in [1.82, 2.24) is 9.80 Å². The van der Waals surface area contributed by atoms with Gasteiger partial charge in [-0.1, -0.05) is 15.9 Å². The van der Waals surface area contributed by atoms with Crippen molar-refractivity contribution in [3.63, 3.8) is 0 Å². The minimum atomic E-state index is -0.561. The van der Waals surface area contributed by atoms with Crippen molar-refractivity contribution in [1.29, 1.82) is 0 Å². The van der Waals surface area contributed by atoms with Crippen LogP contribution in [0.25, 0.3) is 6.08 Å². The molecule has 2 saturated heterocycles. The van der Waals surface area contributed by atoms with E-state index < -0.39 is 11.1 Å². The third-order valence-electron chi connectivity index (χ3n) is 4.19. The number of amides is 3. The lowest BCUT2D eigenvalue weighted by molar-refractivity contribution is -0.139. The van der Waals surface area contributed by atoms with E-state index in [0.717, 1.165) is 16.7 Å². The monoisotopic (exact) mass is 470 g/mol. The van der Waals surface area contributed by atoms with Crippen LogP contribution >= 0.6 is 27.7 Å². The molecule has 10 heteroatoms. The number of halogens is 1. The zero-order chi connectivity index (χ0) is 20.3. The molecule has 2 aliphatic heterocycles. The molecule has 0 atom stereocenters. The molecule has 2 fully saturated rings. The molecular formula is C18H19BrN2O6S. The topological polar surface area (TPSA) is 96.4 Å². The molecule has 0 spiro atoms. The fourth-order valence-corrected chi connectivity index (χ4v) is 4.08. The summed E-state index contributed by atoms with van der Waals surface area (Å²) in [4.78, 5) is 39.9. The number of imide groups is 1. The molecule has 1 aromatic carbocycles. The van der Waals surface area contributed by atoms with Crippen LogP contribution in [0.3, 0.4) is 0 Å². The first-order chi connectivity index (χ1) is 13.4. The first kappa shape index (κ1) is 20.7. The average Bonchev–Trinajstić information content (AvgIpc) is 2.93. The summed E-state index contributed by atoms with van der Waals surface area (Å²) in [6.07, 6.45) is 1.42. The Bertz CT molecular complexity index is 838. The van der Waals surface area contributed by atoms with Crippen LogP contribution in [-0.2, 0) is 14.3 Å². The Balaban J connectivity index is 1.78. The van der Waals surface area contributed by atoms with Crippen LogP contribution in [0.4, 0.5) is 4.79 Å². The molecule has 2 heterocycles. The number of hydrogen-bond donors (Lipinski definition) is 1. The van der Waals surface area contributed by atoms with E-state index >= 15 is 0 Å². The van der Waals surface area contributed by atoms with Crippen LogP contribution in [0.15, 0.2) is 21.5 Å². The third kappa shape index (κ3) is 4.50. The molecular weight excluding hydrogens is 452 g/mol. The number of rotatable bonds is 5. The lowest BCUT2D eigenvalue weighted by Crippen LogP contribution is -2.46. The largest absolute Gasteiger partial charge is 0.504 e. The molecule has 28 heavy (non-hydrogen) atoms. The van der Waals surface area contributed by atoms with Gasteiger partial charge in [-0.3, -0.25) is 19.3 Å². The van der Waals surface area contributed by atoms with E-state index in [0.29, 0.717) is 42.9 Å². The lowest BCUT2D eigenvalue weighted by atomic mass is 10.1. The molecule has 1 aromatic rings. The Morgan fingerprint density at radius 1 is 1.36 bits per heavy atom. The number of morpholine rings is 1. The summed E-state index contributed by atoms with van der Waals surface area (Å²) in [5, 5.41) is 9.84. The molecule has 3 amide bonds. The van der Waals surface area contributed by atoms with E-state index in [1.54, 1.807) is 24.0 Å². The highest BCUT2D eigenvalue weighted by Crippen LogP contribution is 2.38. The number of hydrogen-bond acceptors (Lipinski definition) is 7. The highest BCUT2D eigenvalue weighted by atomic mass is 79.9. The van der Waals surface area contributed by atoms with Gasteiger partial charge >= 0.3 is 0 Å². The van der Waals surface area contributed by atoms with E-state index in [-0.39, 0.29) is 28.9 Å². The summed E-state index contributed by atoms with van der Waals surface area (Å²) in [6, 6.07) is 3.23. The fourth-order valence-electron chi connectivity index (χ4n) is 2.80. The summed E-state index contributed by atoms with van der Waals surface area (Å²) in [5.41, 5.74) is 0.336. The lowest BCUT2D eigenvalue weighted by Gasteiger charge is -2.28. The summed E-state index contributed by atoms with van der Waals surface area (Å²) in [7, 11) is 0. The number of thioether (sulfide) groups is 1. The molecule has 1 N–H and O–H groups in total. The number of nitrogens with zero attached hydrogens (tertiary/aromatic N) is 2. The van der Waals surface area contributed by atoms with Gasteiger partial charge in [0.1, 0.15) is 6.54 Å². The van der Waals surface area contributed by atoms with Gasteiger partial charge in [0.2, 0.25) is 5.91 Å². The van der Waals surface area contributed by atoms with Crippen LogP contribution in [0.5, 0.6) is 11.5 Å². The van der Waals surface area contributed by atoms with Gasteiger partial charge in [0.15, 0.2) is 11.5 Å². The van der Waals surface area contributed by atoms with Gasteiger partial charge in [0.05, 0.1) is 24.7 Å². The predicted molar refractivity (Wildman–Crippen MR) is 107 cm³/mol. The predicted octanol–water partition coefficient (Wildman–Crippen LogP) is 2.45. The Morgan fingerprint density at radius 3 is 2.75 bits per heavy atom. The van der Waals surface area contributed by atoms with Gasteiger partial charge in [-0.15, -0.1) is 0 Å². The van der Waals surface area contributed by atoms with Gasteiger partial charge in [-0.2, -0.15) is 0 Å². The Morgan fingerprint density at radius 2 is 2.07 bits per heavy atom. The molecule has 8 nitrogen and oxygen atoms in total. The number of phenols is 1. The van der Waals surface area contributed by atoms with Crippen molar-refractivity contribution >= 4 is 50.8 Å². The standard InChI is InChI=1S/C18H19BrN2O6S/c1-2-27-13-9-12(19)7-11(16(13)23)8-14-17(24)21(18(25)28-14)10-15(22)20-3-5-26-6-4-20/h7-9,23H,2-6,10H2,1H3/b14-8-. The molecule has 2 aliphatic rings. The molecule has 3 rings (SSSR count). The van der Waals surface area contributed by atoms with Crippen LogP contribution in [0.2, 0.25) is 0 Å². The average molecular weight is 471 g/mol. The van der Waals surface area contributed by atoms with E-state index in [4.69, 9.17) is 9.47 Å². The number of carbonyl (C=O) groups excluding carboxylic acids is 3. The molecule has 0 unspecified atom stereocenters. The van der Waals surface area contributed by atoms with Crippen LogP contribution in [0, 0.1) is 0 Å². The number of carbonyl (C=O) groups is 3. The number of benzene rings is 1. The normalized spacial score (nSPS) is 18.9. The SMILES string of the molecule is CCOc1cc(Br)cc(/C=C2\SC(=O)N(CC(=O)N3CCOCC3)C2=O)c1O. The van der Waals surface area contributed by atoms with Crippen molar-refractivity contribution < 1.29 is 29.0 Å². The fraction of sp³-hybridized carbons (Fsp3) is 0.389. The first-order valence-corrected chi connectivity index (χ1v) is 10.3.